The van der Waals surface area contributed by atoms with Gasteiger partial charge in [0.25, 0.3) is 23.6 Å². The summed E-state index contributed by atoms with van der Waals surface area (Å²) in [4.78, 5) is 50.0. The van der Waals surface area contributed by atoms with E-state index in [-0.39, 0.29) is 36.7 Å². The molecule has 128 valence electrons. The van der Waals surface area contributed by atoms with E-state index < -0.39 is 0 Å². The fraction of sp³-hybridized carbons (Fsp3) is 0.263. The van der Waals surface area contributed by atoms with Crippen LogP contribution in [-0.2, 0) is 32.3 Å². The molecular weight excluding hydrogens is 320 g/mol. The van der Waals surface area contributed by atoms with Crippen molar-refractivity contribution in [3.8, 4) is 0 Å². The number of carbonyl (C=O) groups excluding carboxylic acids is 4. The molecule has 25 heavy (non-hydrogen) atoms. The molecule has 0 aromatic heterocycles. The quantitative estimate of drug-likeness (QED) is 0.782. The second-order valence-corrected chi connectivity index (χ2v) is 6.37. The second-order valence-electron chi connectivity index (χ2n) is 6.37. The maximum Gasteiger partial charge on any atom is 0.256 e. The highest BCUT2D eigenvalue weighted by Crippen LogP contribution is 2.21. The van der Waals surface area contributed by atoms with Crippen molar-refractivity contribution in [2.45, 2.75) is 33.9 Å². The summed E-state index contributed by atoms with van der Waals surface area (Å²) in [5.41, 5.74) is 3.44. The molecule has 2 aliphatic heterocycles. The number of benzene rings is 1. The molecule has 0 saturated heterocycles. The Bertz CT molecular complexity index is 879. The Hall–Kier alpha value is -3.02. The van der Waals surface area contributed by atoms with Crippen molar-refractivity contribution >= 4 is 23.6 Å². The fourth-order valence-corrected chi connectivity index (χ4v) is 2.96. The maximum absolute atomic E-state index is 12.0. The molecule has 0 atom stereocenters. The Balaban J connectivity index is 1.74. The summed E-state index contributed by atoms with van der Waals surface area (Å²) < 4.78 is 0. The lowest BCUT2D eigenvalue weighted by molar-refractivity contribution is -0.139. The van der Waals surface area contributed by atoms with Crippen LogP contribution in [0.15, 0.2) is 41.5 Å². The molecule has 2 aliphatic rings. The zero-order valence-corrected chi connectivity index (χ0v) is 14.3. The Morgan fingerprint density at radius 2 is 1.28 bits per heavy atom. The number of imide groups is 2. The average molecular weight is 338 g/mol. The third-order valence-corrected chi connectivity index (χ3v) is 4.45. The number of rotatable bonds is 4. The monoisotopic (exact) mass is 338 g/mol. The van der Waals surface area contributed by atoms with Gasteiger partial charge < -0.3 is 0 Å². The van der Waals surface area contributed by atoms with Gasteiger partial charge in [0.05, 0.1) is 13.1 Å². The van der Waals surface area contributed by atoms with E-state index in [0.717, 1.165) is 16.7 Å². The lowest BCUT2D eigenvalue weighted by Crippen LogP contribution is -2.31. The van der Waals surface area contributed by atoms with Crippen molar-refractivity contribution in [2.75, 3.05) is 0 Å². The van der Waals surface area contributed by atoms with Gasteiger partial charge in [-0.15, -0.1) is 0 Å². The summed E-state index contributed by atoms with van der Waals surface area (Å²) in [6.45, 7) is 5.53. The van der Waals surface area contributed by atoms with E-state index in [2.05, 4.69) is 0 Å². The van der Waals surface area contributed by atoms with E-state index in [0.29, 0.717) is 11.1 Å². The molecule has 1 aromatic carbocycles. The van der Waals surface area contributed by atoms with Gasteiger partial charge in [0, 0.05) is 23.3 Å². The molecule has 0 radical (unpaired) electrons. The highest BCUT2D eigenvalue weighted by molar-refractivity contribution is 6.16. The van der Waals surface area contributed by atoms with E-state index >= 15 is 0 Å². The molecule has 3 rings (SSSR count). The van der Waals surface area contributed by atoms with Gasteiger partial charge in [0.15, 0.2) is 0 Å². The maximum atomic E-state index is 12.0. The van der Waals surface area contributed by atoms with E-state index in [1.165, 1.54) is 22.0 Å². The highest BCUT2D eigenvalue weighted by Gasteiger charge is 2.30. The molecule has 6 nitrogen and oxygen atoms in total. The molecule has 0 fully saturated rings. The van der Waals surface area contributed by atoms with Crippen molar-refractivity contribution in [3.05, 3.63) is 58.2 Å². The van der Waals surface area contributed by atoms with Crippen LogP contribution in [0.1, 0.15) is 30.5 Å². The van der Waals surface area contributed by atoms with Gasteiger partial charge in [0.1, 0.15) is 0 Å². The van der Waals surface area contributed by atoms with Gasteiger partial charge in [-0.25, -0.2) is 0 Å². The molecule has 2 heterocycles. The van der Waals surface area contributed by atoms with E-state index in [1.807, 2.05) is 25.1 Å². The molecule has 0 bridgehead atoms. The van der Waals surface area contributed by atoms with E-state index in [9.17, 15) is 19.2 Å². The predicted octanol–water partition coefficient (Wildman–Crippen LogP) is 1.63. The smallest absolute Gasteiger partial charge is 0.256 e. The first-order chi connectivity index (χ1) is 11.8. The summed E-state index contributed by atoms with van der Waals surface area (Å²) in [6.07, 6.45) is 2.68. The minimum absolute atomic E-state index is 0.203. The SMILES string of the molecule is CC1=CC(=O)N(Cc2ccc(CN3C(=O)C=C(C)C3=O)c(C)c2)C1=O. The predicted molar refractivity (Wildman–Crippen MR) is 89.8 cm³/mol. The van der Waals surface area contributed by atoms with Crippen molar-refractivity contribution in [1.29, 1.82) is 0 Å². The van der Waals surface area contributed by atoms with Crippen molar-refractivity contribution in [2.24, 2.45) is 0 Å². The van der Waals surface area contributed by atoms with Crippen LogP contribution in [0.2, 0.25) is 0 Å². The van der Waals surface area contributed by atoms with Crippen LogP contribution >= 0.6 is 0 Å². The molecule has 1 aromatic rings. The number of hydrogen-bond donors (Lipinski definition) is 0. The molecule has 6 heteroatoms. The average Bonchev–Trinajstić information content (AvgIpc) is 2.93. The largest absolute Gasteiger partial charge is 0.271 e. The van der Waals surface area contributed by atoms with Gasteiger partial charge >= 0.3 is 0 Å². The third kappa shape index (κ3) is 3.03. The van der Waals surface area contributed by atoms with Crippen LogP contribution in [0.5, 0.6) is 0 Å². The van der Waals surface area contributed by atoms with Crippen LogP contribution in [-0.4, -0.2) is 33.4 Å². The lowest BCUT2D eigenvalue weighted by atomic mass is 10.0. The summed E-state index contributed by atoms with van der Waals surface area (Å²) in [6, 6.07) is 5.50. The van der Waals surface area contributed by atoms with Crippen LogP contribution < -0.4 is 0 Å². The number of nitrogens with zero attached hydrogens (tertiary/aromatic N) is 2. The number of carbonyl (C=O) groups is 4. The van der Waals surface area contributed by atoms with Crippen LogP contribution in [0.4, 0.5) is 0 Å². The molecule has 0 spiro atoms. The topological polar surface area (TPSA) is 74.8 Å². The second kappa shape index (κ2) is 6.12. The van der Waals surface area contributed by atoms with Gasteiger partial charge in [-0.3, -0.25) is 29.0 Å². The Labute approximate surface area is 145 Å². The van der Waals surface area contributed by atoms with Crippen molar-refractivity contribution in [3.63, 3.8) is 0 Å². The van der Waals surface area contributed by atoms with Gasteiger partial charge in [0.2, 0.25) is 0 Å². The lowest BCUT2D eigenvalue weighted by Gasteiger charge is -2.18. The molecule has 0 aliphatic carbocycles. The standard InChI is InChI=1S/C19H18N2O4/c1-11-6-14(9-20-16(22)7-12(2)18(20)24)4-5-15(11)10-21-17(23)8-13(3)19(21)25/h4-8H,9-10H2,1-3H3. The minimum atomic E-state index is -0.306. The van der Waals surface area contributed by atoms with Crippen molar-refractivity contribution in [1.82, 2.24) is 9.80 Å². The van der Waals surface area contributed by atoms with Crippen LogP contribution in [0.3, 0.4) is 0 Å². The molecule has 0 saturated carbocycles. The van der Waals surface area contributed by atoms with Crippen LogP contribution in [0, 0.1) is 6.92 Å². The summed E-state index contributed by atoms with van der Waals surface area (Å²) in [5, 5.41) is 0. The fourth-order valence-electron chi connectivity index (χ4n) is 2.96. The molecule has 0 N–H and O–H groups in total. The Morgan fingerprint density at radius 1 is 0.760 bits per heavy atom. The molecule has 4 amide bonds. The summed E-state index contributed by atoms with van der Waals surface area (Å²) in [7, 11) is 0. The Kier molecular flexibility index (Phi) is 4.12. The van der Waals surface area contributed by atoms with Crippen molar-refractivity contribution < 1.29 is 19.2 Å². The first kappa shape index (κ1) is 16.8. The van der Waals surface area contributed by atoms with Gasteiger partial charge in [-0.1, -0.05) is 18.2 Å². The Morgan fingerprint density at radius 3 is 1.72 bits per heavy atom. The molecule has 0 unspecified atom stereocenters. The zero-order valence-electron chi connectivity index (χ0n) is 14.3. The van der Waals surface area contributed by atoms with Crippen LogP contribution in [0.25, 0.3) is 0 Å². The number of amides is 4. The number of aryl methyl sites for hydroxylation is 1. The summed E-state index contributed by atoms with van der Waals surface area (Å²) in [5.74, 6) is -1.16. The third-order valence-electron chi connectivity index (χ3n) is 4.45. The number of hydrogen-bond acceptors (Lipinski definition) is 4. The minimum Gasteiger partial charge on any atom is -0.271 e. The van der Waals surface area contributed by atoms with E-state index in [4.69, 9.17) is 0 Å². The first-order valence-corrected chi connectivity index (χ1v) is 7.94. The van der Waals surface area contributed by atoms with Gasteiger partial charge in [-0.05, 0) is 37.5 Å². The first-order valence-electron chi connectivity index (χ1n) is 7.94. The van der Waals surface area contributed by atoms with Gasteiger partial charge in [-0.2, -0.15) is 0 Å². The zero-order chi connectivity index (χ0) is 18.3. The molecular formula is C19H18N2O4. The van der Waals surface area contributed by atoms with E-state index in [1.54, 1.807) is 13.8 Å². The summed E-state index contributed by atoms with van der Waals surface area (Å²) >= 11 is 0. The highest BCUT2D eigenvalue weighted by atomic mass is 16.2. The normalized spacial score (nSPS) is 17.6.